The lowest BCUT2D eigenvalue weighted by molar-refractivity contribution is -0.387. The maximum absolute atomic E-state index is 13.6. The fourth-order valence-corrected chi connectivity index (χ4v) is 2.38. The van der Waals surface area contributed by atoms with E-state index >= 15 is 0 Å². The number of benzene rings is 1. The van der Waals surface area contributed by atoms with Crippen molar-refractivity contribution in [1.29, 1.82) is 0 Å². The standard InChI is InChI=1S/C12H11F2N3O2S/c1-6(11-5-20-7(2)16-11)15-10-4-12(17(18)19)9(14)3-8(10)13/h3-6,15H,1-2H3. The van der Waals surface area contributed by atoms with Crippen molar-refractivity contribution in [2.24, 2.45) is 0 Å². The van der Waals surface area contributed by atoms with Gasteiger partial charge in [-0.1, -0.05) is 0 Å². The number of anilines is 1. The van der Waals surface area contributed by atoms with E-state index < -0.39 is 22.2 Å². The summed E-state index contributed by atoms with van der Waals surface area (Å²) < 4.78 is 26.9. The third-order valence-electron chi connectivity index (χ3n) is 2.69. The summed E-state index contributed by atoms with van der Waals surface area (Å²) >= 11 is 1.44. The molecule has 0 bridgehead atoms. The number of hydrogen-bond acceptors (Lipinski definition) is 5. The van der Waals surface area contributed by atoms with Crippen LogP contribution in [0.25, 0.3) is 0 Å². The van der Waals surface area contributed by atoms with Crippen molar-refractivity contribution < 1.29 is 13.7 Å². The van der Waals surface area contributed by atoms with Crippen LogP contribution in [0, 0.1) is 28.7 Å². The van der Waals surface area contributed by atoms with Gasteiger partial charge < -0.3 is 5.32 Å². The SMILES string of the molecule is Cc1nc(C(C)Nc2cc([N+](=O)[O-])c(F)cc2F)cs1. The molecule has 20 heavy (non-hydrogen) atoms. The summed E-state index contributed by atoms with van der Waals surface area (Å²) in [6, 6.07) is 0.999. The molecule has 1 aromatic heterocycles. The Kier molecular flexibility index (Phi) is 3.93. The fraction of sp³-hybridized carbons (Fsp3) is 0.250. The van der Waals surface area contributed by atoms with Gasteiger partial charge >= 0.3 is 5.69 Å². The van der Waals surface area contributed by atoms with Crippen molar-refractivity contribution in [3.8, 4) is 0 Å². The number of nitro groups is 1. The molecule has 2 aromatic rings. The number of aryl methyl sites for hydroxylation is 1. The van der Waals surface area contributed by atoms with E-state index in [1.165, 1.54) is 11.3 Å². The van der Waals surface area contributed by atoms with Crippen molar-refractivity contribution in [3.63, 3.8) is 0 Å². The molecular formula is C12H11F2N3O2S. The van der Waals surface area contributed by atoms with Crippen LogP contribution in [-0.2, 0) is 0 Å². The highest BCUT2D eigenvalue weighted by Gasteiger charge is 2.20. The van der Waals surface area contributed by atoms with Crippen LogP contribution in [0.3, 0.4) is 0 Å². The molecule has 106 valence electrons. The molecule has 0 amide bonds. The first-order chi connectivity index (χ1) is 9.38. The minimum atomic E-state index is -1.20. The van der Waals surface area contributed by atoms with Gasteiger partial charge in [0.15, 0.2) is 0 Å². The Labute approximate surface area is 117 Å². The highest BCUT2D eigenvalue weighted by Crippen LogP contribution is 2.28. The largest absolute Gasteiger partial charge is 0.374 e. The molecule has 0 aliphatic carbocycles. The molecule has 0 radical (unpaired) electrons. The Morgan fingerprint density at radius 2 is 2.10 bits per heavy atom. The number of thiazole rings is 1. The summed E-state index contributed by atoms with van der Waals surface area (Å²) in [6.45, 7) is 3.58. The zero-order valence-electron chi connectivity index (χ0n) is 10.7. The van der Waals surface area contributed by atoms with Gasteiger partial charge in [-0.2, -0.15) is 4.39 Å². The maximum Gasteiger partial charge on any atom is 0.307 e. The number of nitrogens with one attached hydrogen (secondary N) is 1. The summed E-state index contributed by atoms with van der Waals surface area (Å²) in [5, 5.41) is 16.1. The molecule has 1 N–H and O–H groups in total. The lowest BCUT2D eigenvalue weighted by atomic mass is 10.2. The first-order valence-electron chi connectivity index (χ1n) is 5.70. The van der Waals surface area contributed by atoms with Gasteiger partial charge in [0, 0.05) is 17.5 Å². The van der Waals surface area contributed by atoms with Crippen molar-refractivity contribution >= 4 is 22.7 Å². The van der Waals surface area contributed by atoms with E-state index in [2.05, 4.69) is 10.3 Å². The molecule has 0 aliphatic rings. The lowest BCUT2D eigenvalue weighted by Gasteiger charge is -2.13. The summed E-state index contributed by atoms with van der Waals surface area (Å²) in [7, 11) is 0. The predicted octanol–water partition coefficient (Wildman–Crippen LogP) is 3.81. The molecule has 0 aliphatic heterocycles. The molecule has 0 saturated carbocycles. The zero-order chi connectivity index (χ0) is 14.9. The van der Waals surface area contributed by atoms with E-state index in [0.717, 1.165) is 11.1 Å². The second-order valence-electron chi connectivity index (χ2n) is 4.20. The smallest absolute Gasteiger partial charge is 0.307 e. The fourth-order valence-electron chi connectivity index (χ4n) is 1.67. The van der Waals surface area contributed by atoms with Gasteiger partial charge in [0.05, 0.1) is 27.4 Å². The quantitative estimate of drug-likeness (QED) is 0.688. The lowest BCUT2D eigenvalue weighted by Crippen LogP contribution is -2.09. The average molecular weight is 299 g/mol. The van der Waals surface area contributed by atoms with Crippen LogP contribution in [-0.4, -0.2) is 9.91 Å². The van der Waals surface area contributed by atoms with E-state index in [1.807, 2.05) is 12.3 Å². The van der Waals surface area contributed by atoms with Crippen LogP contribution in [0.5, 0.6) is 0 Å². The van der Waals surface area contributed by atoms with Crippen LogP contribution in [0.2, 0.25) is 0 Å². The molecule has 2 rings (SSSR count). The molecular weight excluding hydrogens is 288 g/mol. The topological polar surface area (TPSA) is 68.1 Å². The third-order valence-corrected chi connectivity index (χ3v) is 3.48. The summed E-state index contributed by atoms with van der Waals surface area (Å²) in [5.41, 5.74) is -0.203. The van der Waals surface area contributed by atoms with Gasteiger partial charge in [-0.05, 0) is 13.8 Å². The van der Waals surface area contributed by atoms with Crippen LogP contribution in [0.4, 0.5) is 20.2 Å². The number of halogens is 2. The number of nitrogens with zero attached hydrogens (tertiary/aromatic N) is 2. The van der Waals surface area contributed by atoms with Gasteiger partial charge in [0.2, 0.25) is 5.82 Å². The van der Waals surface area contributed by atoms with Crippen molar-refractivity contribution in [1.82, 2.24) is 4.98 Å². The Bertz CT molecular complexity index is 660. The van der Waals surface area contributed by atoms with E-state index in [0.29, 0.717) is 11.8 Å². The molecule has 1 unspecified atom stereocenters. The number of rotatable bonds is 4. The summed E-state index contributed by atoms with van der Waals surface area (Å²) in [4.78, 5) is 14.0. The predicted molar refractivity (Wildman–Crippen MR) is 71.9 cm³/mol. The molecule has 1 heterocycles. The molecule has 5 nitrogen and oxygen atoms in total. The Morgan fingerprint density at radius 3 is 2.65 bits per heavy atom. The highest BCUT2D eigenvalue weighted by molar-refractivity contribution is 7.09. The van der Waals surface area contributed by atoms with Gasteiger partial charge in [-0.25, -0.2) is 9.37 Å². The normalized spacial score (nSPS) is 12.2. The second-order valence-corrected chi connectivity index (χ2v) is 5.26. The Morgan fingerprint density at radius 1 is 1.40 bits per heavy atom. The Balaban J connectivity index is 2.29. The highest BCUT2D eigenvalue weighted by atomic mass is 32.1. The molecule has 0 fully saturated rings. The van der Waals surface area contributed by atoms with Crippen LogP contribution >= 0.6 is 11.3 Å². The molecule has 0 saturated heterocycles. The van der Waals surface area contributed by atoms with Crippen molar-refractivity contribution in [3.05, 3.63) is 50.0 Å². The van der Waals surface area contributed by atoms with E-state index in [4.69, 9.17) is 0 Å². The minimum absolute atomic E-state index is 0.128. The maximum atomic E-state index is 13.6. The molecule has 1 atom stereocenters. The number of hydrogen-bond donors (Lipinski definition) is 1. The third kappa shape index (κ3) is 2.90. The first-order valence-corrected chi connectivity index (χ1v) is 6.58. The van der Waals surface area contributed by atoms with Crippen molar-refractivity contribution in [2.75, 3.05) is 5.32 Å². The minimum Gasteiger partial charge on any atom is -0.374 e. The van der Waals surface area contributed by atoms with Gasteiger partial charge in [-0.3, -0.25) is 10.1 Å². The number of nitro benzene ring substituents is 1. The summed E-state index contributed by atoms with van der Waals surface area (Å²) in [6.07, 6.45) is 0. The molecule has 8 heteroatoms. The van der Waals surface area contributed by atoms with E-state index in [-0.39, 0.29) is 11.7 Å². The number of aromatic nitrogens is 1. The first kappa shape index (κ1) is 14.3. The van der Waals surface area contributed by atoms with Gasteiger partial charge in [-0.15, -0.1) is 11.3 Å². The van der Waals surface area contributed by atoms with Crippen LogP contribution < -0.4 is 5.32 Å². The van der Waals surface area contributed by atoms with Crippen LogP contribution in [0.1, 0.15) is 23.7 Å². The molecule has 1 aromatic carbocycles. The van der Waals surface area contributed by atoms with Crippen molar-refractivity contribution in [2.45, 2.75) is 19.9 Å². The monoisotopic (exact) mass is 299 g/mol. The van der Waals surface area contributed by atoms with Gasteiger partial charge in [0.1, 0.15) is 5.82 Å². The van der Waals surface area contributed by atoms with E-state index in [1.54, 1.807) is 6.92 Å². The van der Waals surface area contributed by atoms with Gasteiger partial charge in [0.25, 0.3) is 0 Å². The zero-order valence-corrected chi connectivity index (χ0v) is 11.5. The van der Waals surface area contributed by atoms with Crippen LogP contribution in [0.15, 0.2) is 17.5 Å². The summed E-state index contributed by atoms with van der Waals surface area (Å²) in [5.74, 6) is -2.08. The molecule has 0 spiro atoms. The van der Waals surface area contributed by atoms with E-state index in [9.17, 15) is 18.9 Å². The Hall–Kier alpha value is -2.09. The average Bonchev–Trinajstić information content (AvgIpc) is 2.79. The second kappa shape index (κ2) is 5.49.